The summed E-state index contributed by atoms with van der Waals surface area (Å²) in [5.41, 5.74) is 1.22. The Labute approximate surface area is 186 Å². The van der Waals surface area contributed by atoms with Gasteiger partial charge in [-0.25, -0.2) is 4.99 Å². The summed E-state index contributed by atoms with van der Waals surface area (Å²) in [6, 6.07) is 8.62. The smallest absolute Gasteiger partial charge is 0.243 e. The minimum atomic E-state index is 0. The lowest BCUT2D eigenvalue weighted by atomic mass is 9.96. The number of carbonyl (C=O) groups is 1. The summed E-state index contributed by atoms with van der Waals surface area (Å²) in [4.78, 5) is 17.9. The third-order valence-corrected chi connectivity index (χ3v) is 4.73. The molecule has 1 aromatic carbocycles. The molecule has 1 aromatic rings. The van der Waals surface area contributed by atoms with Crippen molar-refractivity contribution in [1.29, 1.82) is 0 Å². The number of hydrogen-bond donors (Lipinski definition) is 2. The molecular weight excluding hydrogens is 467 g/mol. The number of hydrogen-bond acceptors (Lipinski definition) is 3. The van der Waals surface area contributed by atoms with Crippen LogP contribution in [0.15, 0.2) is 29.3 Å². The van der Waals surface area contributed by atoms with Crippen molar-refractivity contribution in [2.75, 3.05) is 33.8 Å². The van der Waals surface area contributed by atoms with Gasteiger partial charge in [0.1, 0.15) is 12.3 Å². The number of likely N-dealkylation sites (N-methyl/N-ethyl adjacent to an activating group) is 1. The number of nitrogens with zero attached hydrogens (tertiary/aromatic N) is 2. The third kappa shape index (κ3) is 9.12. The Balaban J connectivity index is 0.00000392. The third-order valence-electron chi connectivity index (χ3n) is 4.73. The van der Waals surface area contributed by atoms with Crippen LogP contribution in [0.2, 0.25) is 0 Å². The highest BCUT2D eigenvalue weighted by Gasteiger charge is 2.15. The predicted octanol–water partition coefficient (Wildman–Crippen LogP) is 3.20. The van der Waals surface area contributed by atoms with Gasteiger partial charge in [0, 0.05) is 26.7 Å². The van der Waals surface area contributed by atoms with Gasteiger partial charge in [-0.2, -0.15) is 0 Å². The van der Waals surface area contributed by atoms with Gasteiger partial charge in [-0.1, -0.05) is 31.4 Å². The highest BCUT2D eigenvalue weighted by atomic mass is 127. The van der Waals surface area contributed by atoms with Gasteiger partial charge in [-0.05, 0) is 43.9 Å². The number of carbonyl (C=O) groups excluding carboxylic acids is 1. The molecule has 1 aliphatic carbocycles. The number of guanidine groups is 1. The molecule has 2 rings (SSSR count). The van der Waals surface area contributed by atoms with Gasteiger partial charge in [0.05, 0.1) is 6.61 Å². The van der Waals surface area contributed by atoms with E-state index in [0.29, 0.717) is 12.6 Å². The molecule has 1 amide bonds. The van der Waals surface area contributed by atoms with E-state index < -0.39 is 0 Å². The van der Waals surface area contributed by atoms with Gasteiger partial charge in [0.25, 0.3) is 0 Å². The molecule has 0 bridgehead atoms. The SMILES string of the molecule is CCOc1cccc(CCNC(=NCC(=O)N(C)C)NC2CCCCC2)c1.I. The van der Waals surface area contributed by atoms with Gasteiger partial charge < -0.3 is 20.3 Å². The highest BCUT2D eigenvalue weighted by Crippen LogP contribution is 2.17. The number of aliphatic imine (C=N–C) groups is 1. The fourth-order valence-corrected chi connectivity index (χ4v) is 3.16. The van der Waals surface area contributed by atoms with E-state index in [1.54, 1.807) is 19.0 Å². The molecule has 28 heavy (non-hydrogen) atoms. The fourth-order valence-electron chi connectivity index (χ4n) is 3.16. The quantitative estimate of drug-likeness (QED) is 0.326. The van der Waals surface area contributed by atoms with Crippen LogP contribution in [0.4, 0.5) is 0 Å². The predicted molar refractivity (Wildman–Crippen MR) is 126 cm³/mol. The highest BCUT2D eigenvalue weighted by molar-refractivity contribution is 14.0. The number of halogens is 1. The van der Waals surface area contributed by atoms with E-state index in [-0.39, 0.29) is 36.4 Å². The zero-order chi connectivity index (χ0) is 19.5. The lowest BCUT2D eigenvalue weighted by Gasteiger charge is -2.25. The van der Waals surface area contributed by atoms with Crippen LogP contribution in [0.25, 0.3) is 0 Å². The molecule has 0 heterocycles. The molecule has 6 nitrogen and oxygen atoms in total. The molecule has 7 heteroatoms. The van der Waals surface area contributed by atoms with Crippen molar-refractivity contribution in [2.24, 2.45) is 4.99 Å². The van der Waals surface area contributed by atoms with Crippen molar-refractivity contribution < 1.29 is 9.53 Å². The molecule has 0 saturated heterocycles. The summed E-state index contributed by atoms with van der Waals surface area (Å²) in [7, 11) is 3.51. The van der Waals surface area contributed by atoms with E-state index in [4.69, 9.17) is 4.74 Å². The fraction of sp³-hybridized carbons (Fsp3) is 0.619. The molecule has 0 aromatic heterocycles. The molecule has 1 saturated carbocycles. The minimum Gasteiger partial charge on any atom is -0.494 e. The average Bonchev–Trinajstić information content (AvgIpc) is 2.67. The molecular formula is C21H35IN4O2. The minimum absolute atomic E-state index is 0. The first kappa shape index (κ1) is 24.5. The monoisotopic (exact) mass is 502 g/mol. The standard InChI is InChI=1S/C21H34N4O2.HI/c1-4-27-19-12-8-9-17(15-19)13-14-22-21(23-16-20(26)25(2)3)24-18-10-6-5-7-11-18;/h8-9,12,15,18H,4-7,10-11,13-14,16H2,1-3H3,(H2,22,23,24);1H. The summed E-state index contributed by atoms with van der Waals surface area (Å²) >= 11 is 0. The maximum Gasteiger partial charge on any atom is 0.243 e. The van der Waals surface area contributed by atoms with E-state index in [9.17, 15) is 4.79 Å². The Morgan fingerprint density at radius 3 is 2.68 bits per heavy atom. The Morgan fingerprint density at radius 2 is 2.00 bits per heavy atom. The van der Waals surface area contributed by atoms with Crippen molar-refractivity contribution in [2.45, 2.75) is 51.5 Å². The van der Waals surface area contributed by atoms with Gasteiger partial charge in [0.2, 0.25) is 5.91 Å². The molecule has 1 fully saturated rings. The lowest BCUT2D eigenvalue weighted by molar-refractivity contribution is -0.127. The first-order chi connectivity index (χ1) is 13.1. The molecule has 158 valence electrons. The van der Waals surface area contributed by atoms with Crippen LogP contribution in [-0.2, 0) is 11.2 Å². The van der Waals surface area contributed by atoms with Crippen LogP contribution in [-0.4, -0.2) is 56.6 Å². The Bertz CT molecular complexity index is 616. The average molecular weight is 502 g/mol. The first-order valence-electron chi connectivity index (χ1n) is 10.0. The topological polar surface area (TPSA) is 66.0 Å². The van der Waals surface area contributed by atoms with Crippen LogP contribution in [0.3, 0.4) is 0 Å². The van der Waals surface area contributed by atoms with Crippen molar-refractivity contribution in [1.82, 2.24) is 15.5 Å². The summed E-state index contributed by atoms with van der Waals surface area (Å²) in [6.07, 6.45) is 7.02. The number of benzene rings is 1. The second-order valence-corrected chi connectivity index (χ2v) is 7.19. The maximum absolute atomic E-state index is 11.9. The van der Waals surface area contributed by atoms with E-state index in [0.717, 1.165) is 24.7 Å². The van der Waals surface area contributed by atoms with Gasteiger partial charge in [-0.15, -0.1) is 24.0 Å². The number of rotatable bonds is 8. The van der Waals surface area contributed by atoms with Crippen molar-refractivity contribution in [3.05, 3.63) is 29.8 Å². The second kappa shape index (κ2) is 13.6. The van der Waals surface area contributed by atoms with Crippen LogP contribution in [0.5, 0.6) is 5.75 Å². The van der Waals surface area contributed by atoms with Gasteiger partial charge in [-0.3, -0.25) is 4.79 Å². The first-order valence-corrected chi connectivity index (χ1v) is 10.0. The zero-order valence-corrected chi connectivity index (χ0v) is 19.7. The molecule has 0 radical (unpaired) electrons. The summed E-state index contributed by atoms with van der Waals surface area (Å²) in [6.45, 7) is 3.58. The van der Waals surface area contributed by atoms with Crippen molar-refractivity contribution >= 4 is 35.8 Å². The summed E-state index contributed by atoms with van der Waals surface area (Å²) < 4.78 is 5.56. The van der Waals surface area contributed by atoms with Crippen molar-refractivity contribution in [3.8, 4) is 5.75 Å². The van der Waals surface area contributed by atoms with Crippen LogP contribution < -0.4 is 15.4 Å². The van der Waals surface area contributed by atoms with E-state index >= 15 is 0 Å². The van der Waals surface area contributed by atoms with E-state index in [1.165, 1.54) is 37.7 Å². The second-order valence-electron chi connectivity index (χ2n) is 7.19. The molecule has 2 N–H and O–H groups in total. The van der Waals surface area contributed by atoms with E-state index in [2.05, 4.69) is 27.8 Å². The normalized spacial score (nSPS) is 14.8. The van der Waals surface area contributed by atoms with E-state index in [1.807, 2.05) is 19.1 Å². The summed E-state index contributed by atoms with van der Waals surface area (Å²) in [5, 5.41) is 6.90. The molecule has 1 aliphatic rings. The van der Waals surface area contributed by atoms with Crippen LogP contribution in [0.1, 0.15) is 44.6 Å². The Morgan fingerprint density at radius 1 is 1.25 bits per heavy atom. The van der Waals surface area contributed by atoms with Crippen LogP contribution in [0, 0.1) is 0 Å². The molecule has 0 aliphatic heterocycles. The number of ether oxygens (including phenoxy) is 1. The number of nitrogens with one attached hydrogen (secondary N) is 2. The zero-order valence-electron chi connectivity index (χ0n) is 17.4. The molecule has 0 unspecified atom stereocenters. The van der Waals surface area contributed by atoms with Gasteiger partial charge in [0.15, 0.2) is 5.96 Å². The van der Waals surface area contributed by atoms with Crippen LogP contribution >= 0.6 is 24.0 Å². The molecule has 0 spiro atoms. The number of amides is 1. The Hall–Kier alpha value is -1.51. The maximum atomic E-state index is 11.9. The molecule has 0 atom stereocenters. The summed E-state index contributed by atoms with van der Waals surface area (Å²) in [5.74, 6) is 1.64. The van der Waals surface area contributed by atoms with Gasteiger partial charge >= 0.3 is 0 Å². The van der Waals surface area contributed by atoms with Crippen molar-refractivity contribution in [3.63, 3.8) is 0 Å². The Kier molecular flexibility index (Phi) is 11.9. The lowest BCUT2D eigenvalue weighted by Crippen LogP contribution is -2.45. The largest absolute Gasteiger partial charge is 0.494 e.